The SMILES string of the molecule is COc1ccccc1[C@H]1CC(=O)Nc2c1cnn2Cc1ccc2c(c1)OCO2. The topological polar surface area (TPSA) is 74.6 Å². The lowest BCUT2D eigenvalue weighted by molar-refractivity contribution is -0.116. The van der Waals surface area contributed by atoms with E-state index in [1.54, 1.807) is 7.11 Å². The quantitative estimate of drug-likeness (QED) is 0.756. The van der Waals surface area contributed by atoms with Crippen molar-refractivity contribution in [1.82, 2.24) is 9.78 Å². The summed E-state index contributed by atoms with van der Waals surface area (Å²) in [7, 11) is 1.64. The third-order valence-electron chi connectivity index (χ3n) is 5.17. The van der Waals surface area contributed by atoms with E-state index in [4.69, 9.17) is 14.2 Å². The summed E-state index contributed by atoms with van der Waals surface area (Å²) in [5, 5.41) is 7.52. The minimum atomic E-state index is -0.0922. The Morgan fingerprint density at radius 2 is 2.04 bits per heavy atom. The summed E-state index contributed by atoms with van der Waals surface area (Å²) < 4.78 is 18.1. The monoisotopic (exact) mass is 377 g/mol. The Morgan fingerprint density at radius 1 is 1.18 bits per heavy atom. The number of fused-ring (bicyclic) bond motifs is 2. The van der Waals surface area contributed by atoms with Crippen LogP contribution in [-0.4, -0.2) is 29.6 Å². The number of nitrogens with one attached hydrogen (secondary N) is 1. The van der Waals surface area contributed by atoms with Crippen LogP contribution in [-0.2, 0) is 11.3 Å². The molecule has 0 fully saturated rings. The second-order valence-corrected chi connectivity index (χ2v) is 6.84. The number of rotatable bonds is 4. The first-order valence-corrected chi connectivity index (χ1v) is 9.10. The highest BCUT2D eigenvalue weighted by Crippen LogP contribution is 2.41. The molecular formula is C21H19N3O4. The molecule has 142 valence electrons. The molecule has 1 aromatic heterocycles. The number of hydrogen-bond acceptors (Lipinski definition) is 5. The fraction of sp³-hybridized carbons (Fsp3) is 0.238. The van der Waals surface area contributed by atoms with Crippen molar-refractivity contribution in [3.05, 3.63) is 65.4 Å². The summed E-state index contributed by atoms with van der Waals surface area (Å²) in [4.78, 5) is 12.4. The summed E-state index contributed by atoms with van der Waals surface area (Å²) in [5.74, 6) is 2.85. The Kier molecular flexibility index (Phi) is 3.93. The van der Waals surface area contributed by atoms with E-state index in [0.717, 1.165) is 39.8 Å². The number of ether oxygens (including phenoxy) is 3. The number of hydrogen-bond donors (Lipinski definition) is 1. The van der Waals surface area contributed by atoms with Crippen molar-refractivity contribution in [1.29, 1.82) is 0 Å². The molecular weight excluding hydrogens is 358 g/mol. The third kappa shape index (κ3) is 2.76. The standard InChI is InChI=1S/C21H19N3O4/c1-26-17-5-3-2-4-14(17)15-9-20(25)23-21-16(15)10-22-24(21)11-13-6-7-18-19(8-13)28-12-27-18/h2-8,10,15H,9,11-12H2,1H3,(H,23,25)/t15-/m1/s1. The molecule has 1 amide bonds. The molecule has 0 radical (unpaired) electrons. The fourth-order valence-electron chi connectivity index (χ4n) is 3.83. The Balaban J connectivity index is 1.50. The number of carbonyl (C=O) groups excluding carboxylic acids is 1. The highest BCUT2D eigenvalue weighted by Gasteiger charge is 2.31. The lowest BCUT2D eigenvalue weighted by Crippen LogP contribution is -2.25. The molecule has 7 heteroatoms. The predicted octanol–water partition coefficient (Wildman–Crippen LogP) is 3.14. The van der Waals surface area contributed by atoms with E-state index < -0.39 is 0 Å². The van der Waals surface area contributed by atoms with Gasteiger partial charge in [-0.05, 0) is 23.8 Å². The molecule has 0 unspecified atom stereocenters. The van der Waals surface area contributed by atoms with Crippen molar-refractivity contribution in [2.24, 2.45) is 0 Å². The average Bonchev–Trinajstić information content (AvgIpc) is 3.34. The number of benzene rings is 2. The number of anilines is 1. The zero-order valence-corrected chi connectivity index (χ0v) is 15.3. The van der Waals surface area contributed by atoms with Gasteiger partial charge in [0.2, 0.25) is 12.7 Å². The maximum Gasteiger partial charge on any atom is 0.231 e. The average molecular weight is 377 g/mol. The minimum absolute atomic E-state index is 0.0316. The number of amides is 1. The first-order valence-electron chi connectivity index (χ1n) is 9.10. The molecule has 2 aliphatic rings. The number of carbonyl (C=O) groups is 1. The van der Waals surface area contributed by atoms with Crippen LogP contribution >= 0.6 is 0 Å². The minimum Gasteiger partial charge on any atom is -0.496 e. The largest absolute Gasteiger partial charge is 0.496 e. The van der Waals surface area contributed by atoms with Gasteiger partial charge in [0.15, 0.2) is 11.5 Å². The summed E-state index contributed by atoms with van der Waals surface area (Å²) in [6.07, 6.45) is 2.20. The maximum atomic E-state index is 12.4. The van der Waals surface area contributed by atoms with E-state index in [1.165, 1.54) is 0 Å². The Morgan fingerprint density at radius 3 is 2.93 bits per heavy atom. The van der Waals surface area contributed by atoms with Crippen LogP contribution in [0.2, 0.25) is 0 Å². The maximum absolute atomic E-state index is 12.4. The molecule has 3 heterocycles. The van der Waals surface area contributed by atoms with Gasteiger partial charge >= 0.3 is 0 Å². The van der Waals surface area contributed by atoms with Gasteiger partial charge in [0, 0.05) is 23.5 Å². The molecule has 0 spiro atoms. The van der Waals surface area contributed by atoms with Crippen LogP contribution in [0.3, 0.4) is 0 Å². The van der Waals surface area contributed by atoms with Crippen LogP contribution in [0.4, 0.5) is 5.82 Å². The molecule has 0 saturated carbocycles. The second-order valence-electron chi connectivity index (χ2n) is 6.84. The van der Waals surface area contributed by atoms with E-state index in [9.17, 15) is 4.79 Å². The highest BCUT2D eigenvalue weighted by molar-refractivity contribution is 5.94. The van der Waals surface area contributed by atoms with Gasteiger partial charge in [-0.15, -0.1) is 0 Å². The van der Waals surface area contributed by atoms with Gasteiger partial charge in [-0.1, -0.05) is 24.3 Å². The molecule has 7 nitrogen and oxygen atoms in total. The van der Waals surface area contributed by atoms with Gasteiger partial charge in [-0.25, -0.2) is 4.68 Å². The van der Waals surface area contributed by atoms with Crippen molar-refractivity contribution in [2.75, 3.05) is 19.2 Å². The zero-order valence-electron chi connectivity index (χ0n) is 15.3. The Hall–Kier alpha value is -3.48. The van der Waals surface area contributed by atoms with Crippen LogP contribution in [0.1, 0.15) is 29.0 Å². The van der Waals surface area contributed by atoms with Gasteiger partial charge in [0.05, 0.1) is 19.9 Å². The van der Waals surface area contributed by atoms with Crippen molar-refractivity contribution in [3.8, 4) is 17.2 Å². The van der Waals surface area contributed by atoms with Crippen molar-refractivity contribution in [2.45, 2.75) is 18.9 Å². The molecule has 1 atom stereocenters. The molecule has 5 rings (SSSR count). The second kappa shape index (κ2) is 6.60. The van der Waals surface area contributed by atoms with E-state index in [-0.39, 0.29) is 18.6 Å². The number of para-hydroxylation sites is 1. The van der Waals surface area contributed by atoms with Crippen LogP contribution < -0.4 is 19.5 Å². The molecule has 28 heavy (non-hydrogen) atoms. The lowest BCUT2D eigenvalue weighted by atomic mass is 9.87. The number of methoxy groups -OCH3 is 1. The molecule has 3 aromatic rings. The van der Waals surface area contributed by atoms with E-state index in [2.05, 4.69) is 10.4 Å². The van der Waals surface area contributed by atoms with Gasteiger partial charge < -0.3 is 19.5 Å². The summed E-state index contributed by atoms with van der Waals surface area (Å²) in [5.41, 5.74) is 3.00. The zero-order chi connectivity index (χ0) is 19.1. The first-order chi connectivity index (χ1) is 13.7. The lowest BCUT2D eigenvalue weighted by Gasteiger charge is -2.25. The first kappa shape index (κ1) is 16.7. The predicted molar refractivity (Wildman–Crippen MR) is 102 cm³/mol. The normalized spacial score (nSPS) is 17.2. The molecule has 2 aliphatic heterocycles. The smallest absolute Gasteiger partial charge is 0.231 e. The van der Waals surface area contributed by atoms with E-state index in [1.807, 2.05) is 53.3 Å². The fourth-order valence-corrected chi connectivity index (χ4v) is 3.83. The van der Waals surface area contributed by atoms with Crippen LogP contribution in [0.15, 0.2) is 48.7 Å². The summed E-state index contributed by atoms with van der Waals surface area (Å²) in [6, 6.07) is 13.6. The van der Waals surface area contributed by atoms with Gasteiger partial charge in [0.1, 0.15) is 11.6 Å². The van der Waals surface area contributed by atoms with Gasteiger partial charge in [-0.3, -0.25) is 4.79 Å². The van der Waals surface area contributed by atoms with Crippen molar-refractivity contribution >= 4 is 11.7 Å². The number of aromatic nitrogens is 2. The molecule has 0 bridgehead atoms. The van der Waals surface area contributed by atoms with E-state index >= 15 is 0 Å². The Labute approximate surface area is 161 Å². The van der Waals surface area contributed by atoms with Crippen LogP contribution in [0, 0.1) is 0 Å². The van der Waals surface area contributed by atoms with Gasteiger partial charge in [-0.2, -0.15) is 5.10 Å². The molecule has 1 N–H and O–H groups in total. The van der Waals surface area contributed by atoms with Crippen LogP contribution in [0.5, 0.6) is 17.2 Å². The van der Waals surface area contributed by atoms with Crippen molar-refractivity contribution < 1.29 is 19.0 Å². The third-order valence-corrected chi connectivity index (χ3v) is 5.17. The van der Waals surface area contributed by atoms with E-state index in [0.29, 0.717) is 13.0 Å². The molecule has 0 saturated heterocycles. The Bertz CT molecular complexity index is 1060. The van der Waals surface area contributed by atoms with Gasteiger partial charge in [0.25, 0.3) is 0 Å². The molecule has 2 aromatic carbocycles. The summed E-state index contributed by atoms with van der Waals surface area (Å²) >= 11 is 0. The molecule has 0 aliphatic carbocycles. The summed E-state index contributed by atoms with van der Waals surface area (Å²) in [6.45, 7) is 0.761. The highest BCUT2D eigenvalue weighted by atomic mass is 16.7. The van der Waals surface area contributed by atoms with Crippen molar-refractivity contribution in [3.63, 3.8) is 0 Å². The number of nitrogens with zero attached hydrogens (tertiary/aromatic N) is 2. The van der Waals surface area contributed by atoms with Crippen LogP contribution in [0.25, 0.3) is 0 Å².